The zero-order valence-electron chi connectivity index (χ0n) is 15.1. The van der Waals surface area contributed by atoms with Gasteiger partial charge in [-0.15, -0.1) is 0 Å². The number of hydrogen-bond acceptors (Lipinski definition) is 4. The first-order chi connectivity index (χ1) is 13.4. The first-order valence-corrected chi connectivity index (χ1v) is 9.91. The highest BCUT2D eigenvalue weighted by molar-refractivity contribution is 9.10. The third-order valence-electron chi connectivity index (χ3n) is 4.26. The summed E-state index contributed by atoms with van der Waals surface area (Å²) < 4.78 is 6.23. The average Bonchev–Trinajstić information content (AvgIpc) is 2.97. The smallest absolute Gasteiger partial charge is 0.255 e. The number of halogens is 2. The Bertz CT molecular complexity index is 915. The Labute approximate surface area is 175 Å². The number of carbonyl (C=O) groups excluding carboxylic acids is 3. The van der Waals surface area contributed by atoms with Gasteiger partial charge in [-0.25, -0.2) is 0 Å². The molecule has 1 aliphatic heterocycles. The molecule has 3 rings (SSSR count). The van der Waals surface area contributed by atoms with Crippen LogP contribution in [0.25, 0.3) is 0 Å². The Balaban J connectivity index is 1.73. The van der Waals surface area contributed by atoms with Crippen LogP contribution in [0.15, 0.2) is 40.9 Å². The summed E-state index contributed by atoms with van der Waals surface area (Å²) in [5, 5.41) is 3.26. The van der Waals surface area contributed by atoms with Crippen LogP contribution < -0.4 is 10.1 Å². The third kappa shape index (κ3) is 4.54. The Kier molecular flexibility index (Phi) is 6.36. The molecule has 0 aromatic heterocycles. The predicted octanol–water partition coefficient (Wildman–Crippen LogP) is 4.40. The molecule has 0 saturated carbocycles. The number of nitrogens with one attached hydrogen (secondary N) is 1. The van der Waals surface area contributed by atoms with E-state index in [1.165, 1.54) is 4.90 Å². The number of likely N-dealkylation sites (tertiary alicyclic amines) is 1. The molecule has 146 valence electrons. The summed E-state index contributed by atoms with van der Waals surface area (Å²) >= 11 is 9.47. The molecule has 1 saturated heterocycles. The van der Waals surface area contributed by atoms with Crippen molar-refractivity contribution in [2.45, 2.75) is 26.3 Å². The fraction of sp³-hybridized carbons (Fsp3) is 0.250. The van der Waals surface area contributed by atoms with E-state index in [1.807, 2.05) is 6.92 Å². The molecule has 6 nitrogen and oxygen atoms in total. The Morgan fingerprint density at radius 2 is 1.82 bits per heavy atom. The molecule has 0 radical (unpaired) electrons. The van der Waals surface area contributed by atoms with E-state index >= 15 is 0 Å². The minimum Gasteiger partial charge on any atom is -0.491 e. The Morgan fingerprint density at radius 3 is 2.43 bits per heavy atom. The van der Waals surface area contributed by atoms with Crippen molar-refractivity contribution in [3.63, 3.8) is 0 Å². The van der Waals surface area contributed by atoms with Crippen molar-refractivity contribution in [1.82, 2.24) is 4.90 Å². The Morgan fingerprint density at radius 1 is 1.18 bits per heavy atom. The van der Waals surface area contributed by atoms with Crippen LogP contribution in [-0.4, -0.2) is 29.2 Å². The third-order valence-corrected chi connectivity index (χ3v) is 5.06. The summed E-state index contributed by atoms with van der Waals surface area (Å²) in [7, 11) is 0. The predicted molar refractivity (Wildman–Crippen MR) is 110 cm³/mol. The van der Waals surface area contributed by atoms with E-state index in [2.05, 4.69) is 21.2 Å². The van der Waals surface area contributed by atoms with Crippen molar-refractivity contribution >= 4 is 50.9 Å². The van der Waals surface area contributed by atoms with Crippen molar-refractivity contribution in [3.05, 3.63) is 57.0 Å². The van der Waals surface area contributed by atoms with Gasteiger partial charge in [-0.2, -0.15) is 0 Å². The van der Waals surface area contributed by atoms with Gasteiger partial charge < -0.3 is 10.1 Å². The number of ether oxygens (including phenoxy) is 1. The van der Waals surface area contributed by atoms with Crippen LogP contribution in [0.5, 0.6) is 5.75 Å². The number of anilines is 1. The number of benzene rings is 2. The second-order valence-corrected chi connectivity index (χ2v) is 7.51. The molecular formula is C20H18BrClN2O4. The molecule has 1 heterocycles. The summed E-state index contributed by atoms with van der Waals surface area (Å²) in [4.78, 5) is 37.3. The molecule has 1 fully saturated rings. The molecule has 2 aromatic carbocycles. The van der Waals surface area contributed by atoms with Crippen LogP contribution in [0.1, 0.15) is 35.7 Å². The van der Waals surface area contributed by atoms with Gasteiger partial charge in [0.25, 0.3) is 5.91 Å². The summed E-state index contributed by atoms with van der Waals surface area (Å²) in [6.07, 6.45) is 0.521. The van der Waals surface area contributed by atoms with Gasteiger partial charge in [-0.1, -0.05) is 23.7 Å². The van der Waals surface area contributed by atoms with Crippen molar-refractivity contribution in [3.8, 4) is 5.75 Å². The number of amides is 3. The lowest BCUT2D eigenvalue weighted by atomic mass is 10.1. The van der Waals surface area contributed by atoms with Crippen LogP contribution in [0.4, 0.5) is 5.69 Å². The van der Waals surface area contributed by atoms with E-state index in [0.29, 0.717) is 33.1 Å². The van der Waals surface area contributed by atoms with Crippen molar-refractivity contribution in [2.75, 3.05) is 11.9 Å². The van der Waals surface area contributed by atoms with E-state index in [1.54, 1.807) is 36.4 Å². The zero-order chi connectivity index (χ0) is 20.3. The summed E-state index contributed by atoms with van der Waals surface area (Å²) in [6, 6.07) is 10.1. The van der Waals surface area contributed by atoms with Crippen LogP contribution in [-0.2, 0) is 16.1 Å². The molecule has 8 heteroatoms. The van der Waals surface area contributed by atoms with E-state index in [9.17, 15) is 14.4 Å². The van der Waals surface area contributed by atoms with Crippen molar-refractivity contribution in [2.24, 2.45) is 0 Å². The van der Waals surface area contributed by atoms with E-state index < -0.39 is 0 Å². The maximum absolute atomic E-state index is 12.6. The minimum absolute atomic E-state index is 0.165. The number of rotatable bonds is 6. The monoisotopic (exact) mass is 464 g/mol. The molecule has 28 heavy (non-hydrogen) atoms. The van der Waals surface area contributed by atoms with Crippen LogP contribution in [0, 0.1) is 0 Å². The van der Waals surface area contributed by atoms with E-state index in [-0.39, 0.29) is 37.1 Å². The Hall–Kier alpha value is -2.38. The highest BCUT2D eigenvalue weighted by Crippen LogP contribution is 2.36. The van der Waals surface area contributed by atoms with Crippen LogP contribution in [0.2, 0.25) is 5.02 Å². The standard InChI is InChI=1S/C20H18BrClN2O4/c1-2-28-19-15(21)9-14(22)10-16(19)23-20(27)13-5-3-12(4-6-13)11-24-17(25)7-8-18(24)26/h3-6,9-10H,2,7-8,11H2,1H3,(H,23,27). The molecule has 0 spiro atoms. The lowest BCUT2D eigenvalue weighted by molar-refractivity contribution is -0.139. The summed E-state index contributed by atoms with van der Waals surface area (Å²) in [6.45, 7) is 2.50. The first-order valence-electron chi connectivity index (χ1n) is 8.74. The lowest BCUT2D eigenvalue weighted by Crippen LogP contribution is -2.28. The second kappa shape index (κ2) is 8.75. The molecular weight excluding hydrogens is 448 g/mol. The molecule has 1 N–H and O–H groups in total. The van der Waals surface area contributed by atoms with E-state index in [4.69, 9.17) is 16.3 Å². The molecule has 0 atom stereocenters. The van der Waals surface area contributed by atoms with E-state index in [0.717, 1.165) is 5.56 Å². The normalized spacial score (nSPS) is 13.8. The van der Waals surface area contributed by atoms with Crippen molar-refractivity contribution in [1.29, 1.82) is 0 Å². The summed E-state index contributed by atoms with van der Waals surface area (Å²) in [5.74, 6) is -0.151. The maximum atomic E-state index is 12.6. The SMILES string of the molecule is CCOc1c(Br)cc(Cl)cc1NC(=O)c1ccc(CN2C(=O)CCC2=O)cc1. The largest absolute Gasteiger partial charge is 0.491 e. The van der Waals surface area contributed by atoms with Gasteiger partial charge in [0.2, 0.25) is 11.8 Å². The summed E-state index contributed by atoms with van der Waals surface area (Å²) in [5.41, 5.74) is 1.67. The highest BCUT2D eigenvalue weighted by Gasteiger charge is 2.28. The van der Waals surface area contributed by atoms with Gasteiger partial charge in [0.05, 0.1) is 23.3 Å². The van der Waals surface area contributed by atoms with Gasteiger partial charge in [0.15, 0.2) is 5.75 Å². The molecule has 1 aliphatic rings. The maximum Gasteiger partial charge on any atom is 0.255 e. The molecule has 0 bridgehead atoms. The second-order valence-electron chi connectivity index (χ2n) is 6.22. The number of imide groups is 1. The fourth-order valence-corrected chi connectivity index (χ4v) is 3.81. The molecule has 2 aromatic rings. The quantitative estimate of drug-likeness (QED) is 0.642. The van der Waals surface area contributed by atoms with Gasteiger partial charge >= 0.3 is 0 Å². The average molecular weight is 466 g/mol. The van der Waals surface area contributed by atoms with Gasteiger partial charge in [-0.05, 0) is 52.7 Å². The zero-order valence-corrected chi connectivity index (χ0v) is 17.5. The number of hydrogen-bond donors (Lipinski definition) is 1. The van der Waals surface area contributed by atoms with Crippen molar-refractivity contribution < 1.29 is 19.1 Å². The van der Waals surface area contributed by atoms with Gasteiger partial charge in [0.1, 0.15) is 0 Å². The molecule has 0 aliphatic carbocycles. The highest BCUT2D eigenvalue weighted by atomic mass is 79.9. The van der Waals surface area contributed by atoms with Gasteiger partial charge in [0, 0.05) is 23.4 Å². The minimum atomic E-state index is -0.324. The van der Waals surface area contributed by atoms with Crippen LogP contribution in [0.3, 0.4) is 0 Å². The first kappa shape index (κ1) is 20.4. The molecule has 0 unspecified atom stereocenters. The molecule has 3 amide bonds. The van der Waals surface area contributed by atoms with Gasteiger partial charge in [-0.3, -0.25) is 19.3 Å². The topological polar surface area (TPSA) is 75.7 Å². The number of nitrogens with zero attached hydrogens (tertiary/aromatic N) is 1. The van der Waals surface area contributed by atoms with Crippen LogP contribution >= 0.6 is 27.5 Å². The fourth-order valence-electron chi connectivity index (χ4n) is 2.88. The number of carbonyl (C=O) groups is 3. The lowest BCUT2D eigenvalue weighted by Gasteiger charge is -2.15.